The van der Waals surface area contributed by atoms with Crippen LogP contribution in [0.4, 0.5) is 0 Å². The van der Waals surface area contributed by atoms with Crippen LogP contribution in [-0.4, -0.2) is 16.7 Å². The van der Waals surface area contributed by atoms with Crippen LogP contribution in [0.2, 0.25) is 0 Å². The van der Waals surface area contributed by atoms with Crippen LogP contribution in [0, 0.1) is 5.92 Å². The normalized spacial score (nSPS) is 13.2. The molecule has 1 aromatic rings. The van der Waals surface area contributed by atoms with Crippen molar-refractivity contribution in [3.8, 4) is 5.75 Å². The Kier molecular flexibility index (Phi) is 4.16. The van der Waals surface area contributed by atoms with Gasteiger partial charge in [-0.3, -0.25) is 4.79 Å². The number of carbonyl (C=O) groups is 1. The number of hydrogen-bond acceptors (Lipinski definition) is 3. The van der Waals surface area contributed by atoms with E-state index >= 15 is 0 Å². The van der Waals surface area contributed by atoms with Gasteiger partial charge in [0.1, 0.15) is 11.4 Å². The Hall–Kier alpha value is -1.51. The molecule has 0 heterocycles. The van der Waals surface area contributed by atoms with Crippen LogP contribution < -0.4 is 0 Å². The van der Waals surface area contributed by atoms with E-state index in [1.54, 1.807) is 12.1 Å². The lowest BCUT2D eigenvalue weighted by Crippen LogP contribution is -2.28. The number of carbonyl (C=O) groups excluding carboxylic acids is 1. The molecule has 0 aliphatic heterocycles. The molecule has 17 heavy (non-hydrogen) atoms. The van der Waals surface area contributed by atoms with Gasteiger partial charge in [0.05, 0.1) is 5.92 Å². The van der Waals surface area contributed by atoms with Crippen molar-refractivity contribution in [3.05, 3.63) is 29.8 Å². The molecule has 0 aliphatic rings. The van der Waals surface area contributed by atoms with Crippen LogP contribution in [-0.2, 0) is 16.0 Å². The lowest BCUT2D eigenvalue weighted by Gasteiger charge is -2.22. The molecule has 0 saturated carbocycles. The summed E-state index contributed by atoms with van der Waals surface area (Å²) in [5.74, 6) is -0.136. The molecule has 0 aromatic heterocycles. The second-order valence-corrected chi connectivity index (χ2v) is 5.31. The molecule has 0 amide bonds. The van der Waals surface area contributed by atoms with Gasteiger partial charge in [0.15, 0.2) is 0 Å². The molecule has 94 valence electrons. The summed E-state index contributed by atoms with van der Waals surface area (Å²) in [5, 5.41) is 9.16. The van der Waals surface area contributed by atoms with Gasteiger partial charge in [-0.25, -0.2) is 0 Å². The monoisotopic (exact) mass is 236 g/mol. The fourth-order valence-electron chi connectivity index (χ4n) is 1.47. The number of benzene rings is 1. The first kappa shape index (κ1) is 13.6. The van der Waals surface area contributed by atoms with E-state index in [9.17, 15) is 4.79 Å². The quantitative estimate of drug-likeness (QED) is 0.821. The largest absolute Gasteiger partial charge is 0.508 e. The minimum atomic E-state index is -0.444. The van der Waals surface area contributed by atoms with Gasteiger partial charge in [-0.1, -0.05) is 19.1 Å². The Morgan fingerprint density at radius 2 is 1.82 bits per heavy atom. The molecule has 0 fully saturated rings. The van der Waals surface area contributed by atoms with Crippen molar-refractivity contribution >= 4 is 5.97 Å². The SMILES string of the molecule is CC(Cc1ccc(O)cc1)C(=O)OC(C)(C)C. The molecule has 1 atom stereocenters. The van der Waals surface area contributed by atoms with Crippen molar-refractivity contribution in [2.75, 3.05) is 0 Å². The number of phenols is 1. The van der Waals surface area contributed by atoms with E-state index in [1.165, 1.54) is 0 Å². The van der Waals surface area contributed by atoms with Crippen LogP contribution in [0.3, 0.4) is 0 Å². The maximum absolute atomic E-state index is 11.8. The van der Waals surface area contributed by atoms with Crippen LogP contribution in [0.5, 0.6) is 5.75 Å². The van der Waals surface area contributed by atoms with Gasteiger partial charge < -0.3 is 9.84 Å². The fourth-order valence-corrected chi connectivity index (χ4v) is 1.47. The predicted octanol–water partition coefficient (Wildman–Crippen LogP) is 2.91. The summed E-state index contributed by atoms with van der Waals surface area (Å²) in [6.07, 6.45) is 0.620. The first-order valence-corrected chi connectivity index (χ1v) is 5.79. The van der Waals surface area contributed by atoms with Crippen LogP contribution in [0.25, 0.3) is 0 Å². The van der Waals surface area contributed by atoms with Gasteiger partial charge in [-0.15, -0.1) is 0 Å². The zero-order valence-corrected chi connectivity index (χ0v) is 10.9. The smallest absolute Gasteiger partial charge is 0.309 e. The van der Waals surface area contributed by atoms with E-state index in [2.05, 4.69) is 0 Å². The van der Waals surface area contributed by atoms with E-state index in [1.807, 2.05) is 39.8 Å². The topological polar surface area (TPSA) is 46.5 Å². The van der Waals surface area contributed by atoms with Gasteiger partial charge >= 0.3 is 5.97 Å². The minimum absolute atomic E-state index is 0.182. The fraction of sp³-hybridized carbons (Fsp3) is 0.500. The average molecular weight is 236 g/mol. The van der Waals surface area contributed by atoms with Gasteiger partial charge in [0, 0.05) is 0 Å². The molecule has 0 saturated heterocycles. The lowest BCUT2D eigenvalue weighted by molar-refractivity contribution is -0.159. The molecule has 1 rings (SSSR count). The first-order valence-electron chi connectivity index (χ1n) is 5.79. The molecule has 1 unspecified atom stereocenters. The summed E-state index contributed by atoms with van der Waals surface area (Å²) < 4.78 is 5.31. The van der Waals surface area contributed by atoms with Gasteiger partial charge in [0.25, 0.3) is 0 Å². The molecular formula is C14H20O3. The summed E-state index contributed by atoms with van der Waals surface area (Å²) in [6.45, 7) is 7.43. The average Bonchev–Trinajstić information content (AvgIpc) is 2.19. The van der Waals surface area contributed by atoms with Gasteiger partial charge in [-0.05, 0) is 44.9 Å². The Morgan fingerprint density at radius 3 is 2.29 bits per heavy atom. The molecule has 1 aromatic carbocycles. The van der Waals surface area contributed by atoms with Crippen LogP contribution >= 0.6 is 0 Å². The number of ether oxygens (including phenoxy) is 1. The summed E-state index contributed by atoms with van der Waals surface area (Å²) in [7, 11) is 0. The van der Waals surface area contributed by atoms with Crippen molar-refractivity contribution < 1.29 is 14.6 Å². The summed E-state index contributed by atoms with van der Waals surface area (Å²) in [4.78, 5) is 11.8. The maximum atomic E-state index is 11.8. The zero-order valence-electron chi connectivity index (χ0n) is 10.9. The highest BCUT2D eigenvalue weighted by atomic mass is 16.6. The van der Waals surface area contributed by atoms with Crippen molar-refractivity contribution in [2.24, 2.45) is 5.92 Å². The highest BCUT2D eigenvalue weighted by Crippen LogP contribution is 2.17. The zero-order chi connectivity index (χ0) is 13.1. The van der Waals surface area contributed by atoms with Crippen molar-refractivity contribution in [1.29, 1.82) is 0 Å². The Labute approximate surface area is 102 Å². The molecular weight excluding hydrogens is 216 g/mol. The number of esters is 1. The first-order chi connectivity index (χ1) is 7.78. The second-order valence-electron chi connectivity index (χ2n) is 5.31. The van der Waals surface area contributed by atoms with Crippen molar-refractivity contribution in [3.63, 3.8) is 0 Å². The third-order valence-corrected chi connectivity index (χ3v) is 2.29. The Balaban J connectivity index is 2.57. The summed E-state index contributed by atoms with van der Waals surface area (Å²) in [5.41, 5.74) is 0.571. The number of hydrogen-bond donors (Lipinski definition) is 1. The minimum Gasteiger partial charge on any atom is -0.508 e. The van der Waals surface area contributed by atoms with Crippen LogP contribution in [0.1, 0.15) is 33.3 Å². The molecule has 0 aliphatic carbocycles. The summed E-state index contributed by atoms with van der Waals surface area (Å²) >= 11 is 0. The number of rotatable bonds is 3. The van der Waals surface area contributed by atoms with Gasteiger partial charge in [0.2, 0.25) is 0 Å². The Morgan fingerprint density at radius 1 is 1.29 bits per heavy atom. The predicted molar refractivity (Wildman–Crippen MR) is 66.8 cm³/mol. The molecule has 1 N–H and O–H groups in total. The standard InChI is InChI=1S/C14H20O3/c1-10(13(16)17-14(2,3)4)9-11-5-7-12(15)8-6-11/h5-8,10,15H,9H2,1-4H3. The third-order valence-electron chi connectivity index (χ3n) is 2.29. The van der Waals surface area contributed by atoms with E-state index in [4.69, 9.17) is 9.84 Å². The molecule has 0 radical (unpaired) electrons. The molecule has 3 nitrogen and oxygen atoms in total. The molecule has 3 heteroatoms. The van der Waals surface area contributed by atoms with Crippen molar-refractivity contribution in [1.82, 2.24) is 0 Å². The molecule has 0 bridgehead atoms. The lowest BCUT2D eigenvalue weighted by atomic mass is 10.0. The van der Waals surface area contributed by atoms with Crippen LogP contribution in [0.15, 0.2) is 24.3 Å². The van der Waals surface area contributed by atoms with E-state index < -0.39 is 5.60 Å². The van der Waals surface area contributed by atoms with E-state index in [0.717, 1.165) is 5.56 Å². The van der Waals surface area contributed by atoms with E-state index in [0.29, 0.717) is 6.42 Å². The number of aromatic hydroxyl groups is 1. The Bertz CT molecular complexity index is 373. The molecule has 0 spiro atoms. The highest BCUT2D eigenvalue weighted by molar-refractivity contribution is 5.72. The third kappa shape index (κ3) is 4.89. The maximum Gasteiger partial charge on any atom is 0.309 e. The highest BCUT2D eigenvalue weighted by Gasteiger charge is 2.21. The summed E-state index contributed by atoms with van der Waals surface area (Å²) in [6, 6.07) is 6.88. The second kappa shape index (κ2) is 5.21. The van der Waals surface area contributed by atoms with Gasteiger partial charge in [-0.2, -0.15) is 0 Å². The van der Waals surface area contributed by atoms with E-state index in [-0.39, 0.29) is 17.6 Å². The van der Waals surface area contributed by atoms with Crippen molar-refractivity contribution in [2.45, 2.75) is 39.7 Å². The number of phenolic OH excluding ortho intramolecular Hbond substituents is 1.